The molecule has 3 aliphatic heterocycles. The van der Waals surface area contributed by atoms with E-state index in [0.29, 0.717) is 42.7 Å². The van der Waals surface area contributed by atoms with E-state index in [0.717, 1.165) is 30.7 Å². The molecular weight excluding hydrogens is 760 g/mol. The monoisotopic (exact) mass is 807 g/mol. The van der Waals surface area contributed by atoms with Crippen LogP contribution in [0, 0.1) is 23.0 Å². The van der Waals surface area contributed by atoms with Crippen molar-refractivity contribution in [2.45, 2.75) is 109 Å². The lowest BCUT2D eigenvalue weighted by Crippen LogP contribution is -2.45. The van der Waals surface area contributed by atoms with Crippen molar-refractivity contribution in [1.82, 2.24) is 19.8 Å². The number of hydrogen-bond acceptors (Lipinski definition) is 11. The van der Waals surface area contributed by atoms with E-state index in [1.165, 1.54) is 24.3 Å². The molecule has 7 rings (SSSR count). The van der Waals surface area contributed by atoms with Crippen molar-refractivity contribution in [2.75, 3.05) is 43.5 Å². The van der Waals surface area contributed by atoms with Gasteiger partial charge in [0.05, 0.1) is 33.4 Å². The molecule has 3 aliphatic rings. The number of nitriles is 1. The highest BCUT2D eigenvalue weighted by atomic mass is 32.1. The highest BCUT2D eigenvalue weighted by molar-refractivity contribution is 7.23. The van der Waals surface area contributed by atoms with E-state index in [1.807, 2.05) is 39.6 Å². The molecule has 0 spiro atoms. The Balaban J connectivity index is 1.32. The van der Waals surface area contributed by atoms with Gasteiger partial charge in [-0.05, 0) is 98.0 Å². The van der Waals surface area contributed by atoms with Gasteiger partial charge in [-0.1, -0.05) is 6.07 Å². The Kier molecular flexibility index (Phi) is 10.5. The lowest BCUT2D eigenvalue weighted by Gasteiger charge is -2.33. The van der Waals surface area contributed by atoms with Gasteiger partial charge in [-0.2, -0.15) is 15.2 Å². The Bertz CT molecular complexity index is 2290. The van der Waals surface area contributed by atoms with E-state index in [2.05, 4.69) is 16.3 Å². The average molecular weight is 808 g/mol. The minimum Gasteiger partial charge on any atom is -0.461 e. The molecule has 4 atom stereocenters. The number of anilines is 2. The Morgan fingerprint density at radius 1 is 1.07 bits per heavy atom. The van der Waals surface area contributed by atoms with E-state index in [4.69, 9.17) is 24.2 Å². The summed E-state index contributed by atoms with van der Waals surface area (Å²) in [6.07, 6.45) is 0.410. The summed E-state index contributed by atoms with van der Waals surface area (Å²) >= 11 is 0.850. The first-order valence-electron chi connectivity index (χ1n) is 19.2. The van der Waals surface area contributed by atoms with E-state index in [-0.39, 0.29) is 56.5 Å². The van der Waals surface area contributed by atoms with E-state index in [1.54, 1.807) is 25.7 Å². The molecule has 57 heavy (non-hydrogen) atoms. The predicted molar refractivity (Wildman–Crippen MR) is 213 cm³/mol. The molecule has 2 aromatic carbocycles. The number of fused-ring (bicyclic) bond motifs is 3. The third-order valence-corrected chi connectivity index (χ3v) is 12.1. The van der Waals surface area contributed by atoms with Crippen LogP contribution in [0.5, 0.6) is 6.01 Å². The second kappa shape index (κ2) is 14.8. The van der Waals surface area contributed by atoms with Crippen molar-refractivity contribution in [3.8, 4) is 23.2 Å². The zero-order chi connectivity index (χ0) is 41.2. The summed E-state index contributed by atoms with van der Waals surface area (Å²) in [4.78, 5) is 41.1. The third-order valence-electron chi connectivity index (χ3n) is 11.0. The summed E-state index contributed by atoms with van der Waals surface area (Å²) < 4.78 is 64.2. The van der Waals surface area contributed by atoms with Gasteiger partial charge in [-0.3, -0.25) is 10.2 Å². The van der Waals surface area contributed by atoms with E-state index >= 15 is 8.78 Å². The number of thiophene rings is 1. The van der Waals surface area contributed by atoms with Crippen molar-refractivity contribution < 1.29 is 37.0 Å². The van der Waals surface area contributed by atoms with Gasteiger partial charge in [0.15, 0.2) is 0 Å². The van der Waals surface area contributed by atoms with Crippen LogP contribution in [0.3, 0.4) is 0 Å². The van der Waals surface area contributed by atoms with E-state index < -0.39 is 46.7 Å². The first-order valence-corrected chi connectivity index (χ1v) is 20.0. The fourth-order valence-corrected chi connectivity index (χ4v) is 9.53. The number of rotatable bonds is 7. The van der Waals surface area contributed by atoms with Crippen LogP contribution >= 0.6 is 11.3 Å². The molecule has 0 aliphatic carbocycles. The van der Waals surface area contributed by atoms with Crippen molar-refractivity contribution in [1.29, 1.82) is 5.26 Å². The molecule has 2 amide bonds. The second-order valence-electron chi connectivity index (χ2n) is 17.3. The highest BCUT2D eigenvalue weighted by Gasteiger charge is 2.49. The van der Waals surface area contributed by atoms with Crippen LogP contribution in [0.1, 0.15) is 79.7 Å². The van der Waals surface area contributed by atoms with Gasteiger partial charge in [-0.25, -0.2) is 22.8 Å². The fourth-order valence-electron chi connectivity index (χ4n) is 8.46. The maximum atomic E-state index is 16.7. The average Bonchev–Trinajstić information content (AvgIpc) is 3.86. The molecule has 304 valence electrons. The third kappa shape index (κ3) is 7.88. The number of likely N-dealkylation sites (tertiary alicyclic amines) is 1. The van der Waals surface area contributed by atoms with Crippen LogP contribution in [-0.4, -0.2) is 100 Å². The van der Waals surface area contributed by atoms with Crippen LogP contribution in [0.15, 0.2) is 24.3 Å². The van der Waals surface area contributed by atoms with Crippen LogP contribution in [-0.2, 0) is 9.47 Å². The number of ether oxygens (including phenoxy) is 3. The maximum absolute atomic E-state index is 16.7. The number of amides is 2. The van der Waals surface area contributed by atoms with Crippen molar-refractivity contribution in [3.05, 3.63) is 41.5 Å². The molecular formula is C41H48F3N7O5S. The first kappa shape index (κ1) is 40.3. The van der Waals surface area contributed by atoms with E-state index in [9.17, 15) is 19.2 Å². The summed E-state index contributed by atoms with van der Waals surface area (Å²) in [5, 5.41) is 13.4. The molecule has 2 aromatic heterocycles. The highest BCUT2D eigenvalue weighted by Crippen LogP contribution is 2.45. The number of likely N-dealkylation sites (N-methyl/N-ethyl adjacent to an activating group) is 1. The van der Waals surface area contributed by atoms with Gasteiger partial charge in [0.25, 0.3) is 0 Å². The first-order chi connectivity index (χ1) is 26.8. The molecule has 16 heteroatoms. The number of hydrogen-bond donors (Lipinski definition) is 1. The largest absolute Gasteiger partial charge is 0.461 e. The normalized spacial score (nSPS) is 22.5. The molecule has 0 bridgehead atoms. The number of carbonyl (C=O) groups excluding carboxylic acids is 2. The smallest absolute Gasteiger partial charge is 0.412 e. The number of benzene rings is 2. The van der Waals surface area contributed by atoms with Gasteiger partial charge in [0, 0.05) is 42.9 Å². The molecule has 3 fully saturated rings. The van der Waals surface area contributed by atoms with Gasteiger partial charge < -0.3 is 24.0 Å². The number of nitrogens with zero attached hydrogens (tertiary/aromatic N) is 6. The number of halogens is 3. The molecule has 1 N–H and O–H groups in total. The SMILES string of the molecule is C[C@@H]1[C@H](N(C)c2nc(OC[C@@]34CCCN3C[C@H](F)C4)nc3cc(-c4ccc(F)c5sc(NC(=O)OC(C)(C)C)c(C#N)c45)c(F)cc23)CCN1C(=O)OC(C)(C)C. The van der Waals surface area contributed by atoms with Gasteiger partial charge in [0.2, 0.25) is 0 Å². The zero-order valence-electron chi connectivity index (χ0n) is 33.5. The molecule has 12 nitrogen and oxygen atoms in total. The van der Waals surface area contributed by atoms with Crippen LogP contribution in [0.25, 0.3) is 32.1 Å². The molecule has 0 unspecified atom stereocenters. The molecule has 0 saturated carbocycles. The van der Waals surface area contributed by atoms with Crippen molar-refractivity contribution >= 4 is 55.3 Å². The van der Waals surface area contributed by atoms with Crippen LogP contribution < -0.4 is 15.0 Å². The standard InChI is InChI=1S/C41H48F3N7O5S/c1-22-31(12-15-51(22)38(53)56-40(5,6)7)49(8)34-26-16-29(44)25(17-30(26)46-36(47-34)54-21-41-13-9-14-50(41)20-23(42)18-41)24-10-11-28(43)33-32(24)27(19-45)35(57-33)48-37(52)55-39(2,3)4/h10-11,16-17,22-23,31H,9,12-15,18,20-21H2,1-8H3,(H,48,52)/t22-,23-,31-,41+/m1/s1. The van der Waals surface area contributed by atoms with Gasteiger partial charge >= 0.3 is 18.2 Å². The van der Waals surface area contributed by atoms with Crippen LogP contribution in [0.4, 0.5) is 33.6 Å². The number of alkyl halides is 1. The summed E-state index contributed by atoms with van der Waals surface area (Å²) in [5.41, 5.74) is -1.48. The summed E-state index contributed by atoms with van der Waals surface area (Å²) in [7, 11) is 1.83. The molecule has 5 heterocycles. The molecule has 4 aromatic rings. The lowest BCUT2D eigenvalue weighted by molar-refractivity contribution is 0.0233. The Labute approximate surface area is 333 Å². The Hall–Kier alpha value is -4.88. The summed E-state index contributed by atoms with van der Waals surface area (Å²) in [5.74, 6) is -0.973. The van der Waals surface area contributed by atoms with Crippen LogP contribution in [0.2, 0.25) is 0 Å². The van der Waals surface area contributed by atoms with Gasteiger partial charge in [-0.15, -0.1) is 11.3 Å². The minimum absolute atomic E-state index is 0.0152. The topological polar surface area (TPSA) is 133 Å². The predicted octanol–water partition coefficient (Wildman–Crippen LogP) is 8.80. The molecule has 3 saturated heterocycles. The summed E-state index contributed by atoms with van der Waals surface area (Å²) in [6, 6.07) is 6.95. The Morgan fingerprint density at radius 3 is 2.51 bits per heavy atom. The van der Waals surface area contributed by atoms with Crippen molar-refractivity contribution in [2.24, 2.45) is 0 Å². The number of aromatic nitrogens is 2. The van der Waals surface area contributed by atoms with Crippen molar-refractivity contribution in [3.63, 3.8) is 0 Å². The quantitative estimate of drug-likeness (QED) is 0.193. The zero-order valence-corrected chi connectivity index (χ0v) is 34.3. The van der Waals surface area contributed by atoms with Gasteiger partial charge in [0.1, 0.15) is 52.5 Å². The number of nitrogens with one attached hydrogen (secondary N) is 1. The lowest BCUT2D eigenvalue weighted by atomic mass is 9.95. The second-order valence-corrected chi connectivity index (χ2v) is 18.3. The molecule has 0 radical (unpaired) electrons. The minimum atomic E-state index is -0.960. The maximum Gasteiger partial charge on any atom is 0.412 e. The Morgan fingerprint density at radius 2 is 1.81 bits per heavy atom. The number of carbonyl (C=O) groups is 2. The summed E-state index contributed by atoms with van der Waals surface area (Å²) in [6.45, 7) is 14.2. The fraction of sp³-hybridized carbons (Fsp3) is 0.537.